The molecule has 2 rings (SSSR count). The molecular formula is C17H23N3O. The molecule has 1 aromatic carbocycles. The molecule has 0 radical (unpaired) electrons. The quantitative estimate of drug-likeness (QED) is 0.869. The Morgan fingerprint density at radius 3 is 2.81 bits per heavy atom. The van der Waals surface area contributed by atoms with Crippen molar-refractivity contribution < 1.29 is 4.74 Å². The second-order valence-electron chi connectivity index (χ2n) is 5.35. The molecule has 0 saturated heterocycles. The number of ether oxygens (including phenoxy) is 1. The summed E-state index contributed by atoms with van der Waals surface area (Å²) in [5.41, 5.74) is 3.05. The molecule has 4 nitrogen and oxygen atoms in total. The first-order valence-electron chi connectivity index (χ1n) is 7.44. The zero-order chi connectivity index (χ0) is 15.2. The van der Waals surface area contributed by atoms with Crippen LogP contribution in [-0.4, -0.2) is 22.6 Å². The van der Waals surface area contributed by atoms with Gasteiger partial charge in [-0.05, 0) is 44.9 Å². The van der Waals surface area contributed by atoms with E-state index in [0.29, 0.717) is 5.95 Å². The Bertz CT molecular complexity index is 596. The van der Waals surface area contributed by atoms with E-state index in [9.17, 15) is 0 Å². The number of aromatic nitrogens is 2. The van der Waals surface area contributed by atoms with Crippen molar-refractivity contribution in [1.29, 1.82) is 0 Å². The van der Waals surface area contributed by atoms with Crippen molar-refractivity contribution in [3.8, 4) is 17.0 Å². The van der Waals surface area contributed by atoms with Crippen molar-refractivity contribution in [3.05, 3.63) is 36.0 Å². The van der Waals surface area contributed by atoms with E-state index in [-0.39, 0.29) is 6.10 Å². The molecule has 0 unspecified atom stereocenters. The van der Waals surface area contributed by atoms with Gasteiger partial charge in [-0.2, -0.15) is 0 Å². The first kappa shape index (κ1) is 15.3. The molecule has 0 aliphatic heterocycles. The number of aryl methyl sites for hydroxylation is 1. The van der Waals surface area contributed by atoms with Crippen LogP contribution in [0.25, 0.3) is 11.3 Å². The number of nitrogens with zero attached hydrogens (tertiary/aromatic N) is 2. The van der Waals surface area contributed by atoms with E-state index in [1.54, 1.807) is 0 Å². The SMILES string of the molecule is CCCNc1ncc(C)c(-c2cccc(OC(C)C)c2)n1. The lowest BCUT2D eigenvalue weighted by Gasteiger charge is -2.12. The summed E-state index contributed by atoms with van der Waals surface area (Å²) < 4.78 is 5.75. The Labute approximate surface area is 126 Å². The van der Waals surface area contributed by atoms with Gasteiger partial charge >= 0.3 is 0 Å². The number of anilines is 1. The summed E-state index contributed by atoms with van der Waals surface area (Å²) in [7, 11) is 0. The summed E-state index contributed by atoms with van der Waals surface area (Å²) in [6.45, 7) is 9.06. The number of benzene rings is 1. The minimum atomic E-state index is 0.161. The van der Waals surface area contributed by atoms with Crippen molar-refractivity contribution in [1.82, 2.24) is 9.97 Å². The highest BCUT2D eigenvalue weighted by atomic mass is 16.5. The Hall–Kier alpha value is -2.10. The largest absolute Gasteiger partial charge is 0.491 e. The van der Waals surface area contributed by atoms with Gasteiger partial charge in [0.2, 0.25) is 5.95 Å². The van der Waals surface area contributed by atoms with Gasteiger partial charge in [-0.1, -0.05) is 19.1 Å². The summed E-state index contributed by atoms with van der Waals surface area (Å²) in [5.74, 6) is 1.54. The maximum atomic E-state index is 5.75. The van der Waals surface area contributed by atoms with Crippen molar-refractivity contribution in [3.63, 3.8) is 0 Å². The molecule has 0 amide bonds. The number of hydrogen-bond donors (Lipinski definition) is 1. The predicted molar refractivity (Wildman–Crippen MR) is 86.7 cm³/mol. The fraction of sp³-hybridized carbons (Fsp3) is 0.412. The van der Waals surface area contributed by atoms with Gasteiger partial charge in [0.25, 0.3) is 0 Å². The van der Waals surface area contributed by atoms with Gasteiger partial charge in [0.05, 0.1) is 11.8 Å². The summed E-state index contributed by atoms with van der Waals surface area (Å²) >= 11 is 0. The molecule has 1 N–H and O–H groups in total. The first-order chi connectivity index (χ1) is 10.1. The minimum Gasteiger partial charge on any atom is -0.491 e. The van der Waals surface area contributed by atoms with Crippen molar-refractivity contribution in [2.75, 3.05) is 11.9 Å². The van der Waals surface area contributed by atoms with E-state index in [0.717, 1.165) is 35.5 Å². The molecule has 0 aliphatic rings. The second kappa shape index (κ2) is 7.07. The topological polar surface area (TPSA) is 47.0 Å². The van der Waals surface area contributed by atoms with Gasteiger partial charge in [-0.15, -0.1) is 0 Å². The predicted octanol–water partition coefficient (Wildman–Crippen LogP) is 4.06. The molecular weight excluding hydrogens is 262 g/mol. The van der Waals surface area contributed by atoms with Gasteiger partial charge in [-0.3, -0.25) is 0 Å². The van der Waals surface area contributed by atoms with Crippen LogP contribution in [0.2, 0.25) is 0 Å². The van der Waals surface area contributed by atoms with E-state index >= 15 is 0 Å². The zero-order valence-corrected chi connectivity index (χ0v) is 13.2. The molecule has 1 heterocycles. The molecule has 0 fully saturated rings. The number of hydrogen-bond acceptors (Lipinski definition) is 4. The van der Waals surface area contributed by atoms with Gasteiger partial charge < -0.3 is 10.1 Å². The van der Waals surface area contributed by atoms with Gasteiger partial charge in [0, 0.05) is 18.3 Å². The van der Waals surface area contributed by atoms with Crippen LogP contribution in [0.1, 0.15) is 32.8 Å². The monoisotopic (exact) mass is 285 g/mol. The normalized spacial score (nSPS) is 10.7. The van der Waals surface area contributed by atoms with Crippen molar-refractivity contribution in [2.24, 2.45) is 0 Å². The zero-order valence-electron chi connectivity index (χ0n) is 13.2. The van der Waals surface area contributed by atoms with E-state index < -0.39 is 0 Å². The van der Waals surface area contributed by atoms with Gasteiger partial charge in [-0.25, -0.2) is 9.97 Å². The van der Waals surface area contributed by atoms with Crippen molar-refractivity contribution >= 4 is 5.95 Å². The Morgan fingerprint density at radius 1 is 1.29 bits per heavy atom. The summed E-state index contributed by atoms with van der Waals surface area (Å²) in [5, 5.41) is 3.23. The van der Waals surface area contributed by atoms with Crippen LogP contribution in [0.4, 0.5) is 5.95 Å². The average molecular weight is 285 g/mol. The molecule has 112 valence electrons. The maximum Gasteiger partial charge on any atom is 0.223 e. The van der Waals surface area contributed by atoms with Crippen LogP contribution >= 0.6 is 0 Å². The molecule has 0 atom stereocenters. The maximum absolute atomic E-state index is 5.75. The lowest BCUT2D eigenvalue weighted by molar-refractivity contribution is 0.242. The van der Waals surface area contributed by atoms with Crippen LogP contribution in [0.15, 0.2) is 30.5 Å². The number of nitrogens with one attached hydrogen (secondary N) is 1. The van der Waals surface area contributed by atoms with Crippen molar-refractivity contribution in [2.45, 2.75) is 40.2 Å². The summed E-state index contributed by atoms with van der Waals surface area (Å²) in [6, 6.07) is 8.04. The van der Waals surface area contributed by atoms with Gasteiger partial charge in [0.15, 0.2) is 0 Å². The van der Waals surface area contributed by atoms with Gasteiger partial charge in [0.1, 0.15) is 5.75 Å². The first-order valence-corrected chi connectivity index (χ1v) is 7.44. The highest BCUT2D eigenvalue weighted by Gasteiger charge is 2.08. The summed E-state index contributed by atoms with van der Waals surface area (Å²) in [6.07, 6.45) is 3.06. The third-order valence-corrected chi connectivity index (χ3v) is 2.98. The Morgan fingerprint density at radius 2 is 2.10 bits per heavy atom. The van der Waals surface area contributed by atoms with Crippen LogP contribution in [0.5, 0.6) is 5.75 Å². The average Bonchev–Trinajstić information content (AvgIpc) is 2.46. The van der Waals surface area contributed by atoms with Crippen LogP contribution < -0.4 is 10.1 Å². The number of rotatable bonds is 6. The third kappa shape index (κ3) is 4.18. The van der Waals surface area contributed by atoms with E-state index in [1.807, 2.05) is 51.2 Å². The molecule has 4 heteroatoms. The lowest BCUT2D eigenvalue weighted by atomic mass is 10.1. The minimum absolute atomic E-state index is 0.161. The highest BCUT2D eigenvalue weighted by Crippen LogP contribution is 2.26. The second-order valence-corrected chi connectivity index (χ2v) is 5.35. The molecule has 21 heavy (non-hydrogen) atoms. The highest BCUT2D eigenvalue weighted by molar-refractivity contribution is 5.65. The van der Waals surface area contributed by atoms with E-state index in [4.69, 9.17) is 4.74 Å². The van der Waals surface area contributed by atoms with E-state index in [1.165, 1.54) is 0 Å². The Kier molecular flexibility index (Phi) is 5.14. The molecule has 0 spiro atoms. The standard InChI is InChI=1S/C17H23N3O/c1-5-9-18-17-19-11-13(4)16(20-17)14-7-6-8-15(10-14)21-12(2)3/h6-8,10-12H,5,9H2,1-4H3,(H,18,19,20). The lowest BCUT2D eigenvalue weighted by Crippen LogP contribution is -2.06. The molecule has 0 bridgehead atoms. The van der Waals surface area contributed by atoms with Crippen LogP contribution in [-0.2, 0) is 0 Å². The summed E-state index contributed by atoms with van der Waals surface area (Å²) in [4.78, 5) is 8.94. The van der Waals surface area contributed by atoms with E-state index in [2.05, 4.69) is 22.2 Å². The fourth-order valence-corrected chi connectivity index (χ4v) is 2.05. The molecule has 0 saturated carbocycles. The van der Waals surface area contributed by atoms with Crippen LogP contribution in [0.3, 0.4) is 0 Å². The molecule has 0 aliphatic carbocycles. The fourth-order valence-electron chi connectivity index (χ4n) is 2.05. The third-order valence-electron chi connectivity index (χ3n) is 2.98. The molecule has 1 aromatic heterocycles. The van der Waals surface area contributed by atoms with Crippen LogP contribution in [0, 0.1) is 6.92 Å². The Balaban J connectivity index is 2.31. The smallest absolute Gasteiger partial charge is 0.223 e. The molecule has 2 aromatic rings.